The SMILES string of the molecule is CN[C@@H](C)C(=O)N[C@H]1CCCC[C@H]2CC[C@@H](C(=O)NCc3cccc(C(=O)CC[C@@H]4CCC(=O)O4)c3)N2C1=O. The van der Waals surface area contributed by atoms with Crippen molar-refractivity contribution in [1.82, 2.24) is 20.9 Å². The topological polar surface area (TPSA) is 134 Å². The molecule has 0 bridgehead atoms. The van der Waals surface area contributed by atoms with Crippen LogP contribution in [-0.2, 0) is 30.5 Å². The van der Waals surface area contributed by atoms with E-state index in [-0.39, 0.29) is 48.2 Å². The summed E-state index contributed by atoms with van der Waals surface area (Å²) in [4.78, 5) is 65.0. The van der Waals surface area contributed by atoms with Gasteiger partial charge in [0, 0.05) is 31.0 Å². The Bertz CT molecular complexity index is 1090. The molecular formula is C29H40N4O6. The lowest BCUT2D eigenvalue weighted by atomic mass is 9.98. The number of nitrogens with one attached hydrogen (secondary N) is 3. The van der Waals surface area contributed by atoms with Gasteiger partial charge in [-0.2, -0.15) is 0 Å². The number of rotatable bonds is 10. The third-order valence-electron chi connectivity index (χ3n) is 8.16. The number of fused-ring (bicyclic) bond motifs is 1. The highest BCUT2D eigenvalue weighted by Crippen LogP contribution is 2.31. The molecule has 0 aromatic heterocycles. The minimum Gasteiger partial charge on any atom is -0.462 e. The second kappa shape index (κ2) is 13.2. The summed E-state index contributed by atoms with van der Waals surface area (Å²) in [7, 11) is 1.70. The first kappa shape index (κ1) is 28.7. The normalized spacial score (nSPS) is 25.7. The second-order valence-electron chi connectivity index (χ2n) is 10.9. The third-order valence-corrected chi connectivity index (χ3v) is 8.16. The Kier molecular flexibility index (Phi) is 9.72. The first-order chi connectivity index (χ1) is 18.8. The molecule has 1 aromatic carbocycles. The summed E-state index contributed by atoms with van der Waals surface area (Å²) < 4.78 is 5.20. The number of Topliss-reactive ketones (excluding diaryl/α,β-unsaturated/α-hetero) is 1. The van der Waals surface area contributed by atoms with E-state index in [1.54, 1.807) is 37.1 Å². The van der Waals surface area contributed by atoms with Crippen LogP contribution in [0.5, 0.6) is 0 Å². The number of likely N-dealkylation sites (N-methyl/N-ethyl adjacent to an activating group) is 1. The summed E-state index contributed by atoms with van der Waals surface area (Å²) in [5.41, 5.74) is 1.35. The van der Waals surface area contributed by atoms with Crippen molar-refractivity contribution < 1.29 is 28.7 Å². The van der Waals surface area contributed by atoms with Gasteiger partial charge in [0.25, 0.3) is 0 Å². The molecule has 1 aromatic rings. The summed E-state index contributed by atoms with van der Waals surface area (Å²) in [6.45, 7) is 1.98. The monoisotopic (exact) mass is 540 g/mol. The van der Waals surface area contributed by atoms with Gasteiger partial charge in [0.15, 0.2) is 5.78 Å². The zero-order valence-electron chi connectivity index (χ0n) is 22.9. The van der Waals surface area contributed by atoms with E-state index in [1.807, 2.05) is 6.07 Å². The maximum atomic E-state index is 13.6. The number of nitrogens with zero attached hydrogens (tertiary/aromatic N) is 1. The van der Waals surface area contributed by atoms with Crippen LogP contribution in [0, 0.1) is 0 Å². The van der Waals surface area contributed by atoms with E-state index < -0.39 is 18.1 Å². The van der Waals surface area contributed by atoms with E-state index in [4.69, 9.17) is 4.74 Å². The molecule has 0 aliphatic carbocycles. The molecule has 5 atom stereocenters. The van der Waals surface area contributed by atoms with Crippen LogP contribution in [0.4, 0.5) is 0 Å². The van der Waals surface area contributed by atoms with E-state index in [9.17, 15) is 24.0 Å². The molecule has 10 nitrogen and oxygen atoms in total. The molecular weight excluding hydrogens is 500 g/mol. The van der Waals surface area contributed by atoms with E-state index in [1.165, 1.54) is 0 Å². The van der Waals surface area contributed by atoms with Crippen molar-refractivity contribution in [1.29, 1.82) is 0 Å². The van der Waals surface area contributed by atoms with Crippen molar-refractivity contribution in [3.05, 3.63) is 35.4 Å². The molecule has 3 heterocycles. The average molecular weight is 541 g/mol. The molecule has 4 rings (SSSR count). The molecule has 3 aliphatic rings. The van der Waals surface area contributed by atoms with Crippen molar-refractivity contribution in [2.75, 3.05) is 7.05 Å². The summed E-state index contributed by atoms with van der Waals surface area (Å²) in [5.74, 6) is -0.877. The standard InChI is InChI=1S/C29H40N4O6/c1-18(30-2)27(36)32-23-9-4-3-8-21-10-13-24(33(21)29(23)38)28(37)31-17-19-6-5-7-20(16-19)25(34)14-11-22-12-15-26(35)39-22/h5-7,16,18,21-24,30H,3-4,8-15,17H2,1-2H3,(H,31,37)(H,32,36)/t18-,21-,22+,23-,24-/m0/s1. The van der Waals surface area contributed by atoms with Gasteiger partial charge in [0.05, 0.1) is 6.04 Å². The Balaban J connectivity index is 1.35. The molecule has 0 unspecified atom stereocenters. The molecule has 3 N–H and O–H groups in total. The highest BCUT2D eigenvalue weighted by Gasteiger charge is 2.43. The molecule has 3 fully saturated rings. The van der Waals surface area contributed by atoms with Gasteiger partial charge in [0.1, 0.15) is 18.2 Å². The smallest absolute Gasteiger partial charge is 0.306 e. The number of carbonyl (C=O) groups is 5. The molecule has 0 saturated carbocycles. The molecule has 3 aliphatic heterocycles. The van der Waals surface area contributed by atoms with Crippen molar-refractivity contribution in [2.45, 2.75) is 108 Å². The number of ether oxygens (including phenoxy) is 1. The zero-order chi connectivity index (χ0) is 27.9. The first-order valence-corrected chi connectivity index (χ1v) is 14.2. The van der Waals surface area contributed by atoms with Crippen LogP contribution >= 0.6 is 0 Å². The third kappa shape index (κ3) is 7.23. The Morgan fingerprint density at radius 1 is 1.08 bits per heavy atom. The largest absolute Gasteiger partial charge is 0.462 e. The van der Waals surface area contributed by atoms with E-state index >= 15 is 0 Å². The van der Waals surface area contributed by atoms with Crippen LogP contribution in [0.2, 0.25) is 0 Å². The van der Waals surface area contributed by atoms with Crippen molar-refractivity contribution in [3.8, 4) is 0 Å². The van der Waals surface area contributed by atoms with Crippen LogP contribution in [-0.4, -0.2) is 71.7 Å². The Hall–Kier alpha value is -3.27. The van der Waals surface area contributed by atoms with Gasteiger partial charge in [-0.1, -0.05) is 31.0 Å². The van der Waals surface area contributed by atoms with Gasteiger partial charge in [-0.25, -0.2) is 0 Å². The van der Waals surface area contributed by atoms with Crippen molar-refractivity contribution in [2.24, 2.45) is 0 Å². The number of hydrogen-bond acceptors (Lipinski definition) is 7. The van der Waals surface area contributed by atoms with E-state index in [0.717, 1.165) is 31.2 Å². The predicted molar refractivity (Wildman–Crippen MR) is 144 cm³/mol. The summed E-state index contributed by atoms with van der Waals surface area (Å²) in [6, 6.07) is 5.52. The van der Waals surface area contributed by atoms with Crippen LogP contribution in [0.3, 0.4) is 0 Å². The number of amides is 3. The fraction of sp³-hybridized carbons (Fsp3) is 0.621. The number of hydrogen-bond donors (Lipinski definition) is 3. The molecule has 10 heteroatoms. The molecule has 0 radical (unpaired) electrons. The van der Waals surface area contributed by atoms with Gasteiger partial charge in [0.2, 0.25) is 17.7 Å². The number of cyclic esters (lactones) is 1. The van der Waals surface area contributed by atoms with Crippen molar-refractivity contribution in [3.63, 3.8) is 0 Å². The Labute approximate surface area is 229 Å². The fourth-order valence-corrected chi connectivity index (χ4v) is 5.73. The van der Waals surface area contributed by atoms with Crippen molar-refractivity contribution >= 4 is 29.5 Å². The minimum absolute atomic E-state index is 0.00485. The minimum atomic E-state index is -0.639. The molecule has 3 amide bonds. The second-order valence-corrected chi connectivity index (χ2v) is 10.9. The van der Waals surface area contributed by atoms with E-state index in [2.05, 4.69) is 16.0 Å². The lowest BCUT2D eigenvalue weighted by Crippen LogP contribution is -2.57. The maximum Gasteiger partial charge on any atom is 0.306 e. The molecule has 212 valence electrons. The number of benzene rings is 1. The highest BCUT2D eigenvalue weighted by atomic mass is 16.5. The van der Waals surface area contributed by atoms with Gasteiger partial charge in [-0.15, -0.1) is 0 Å². The highest BCUT2D eigenvalue weighted by molar-refractivity contribution is 5.96. The molecule has 0 spiro atoms. The average Bonchev–Trinajstić information content (AvgIpc) is 3.55. The number of ketones is 1. The van der Waals surface area contributed by atoms with Crippen LogP contribution in [0.15, 0.2) is 24.3 Å². The van der Waals surface area contributed by atoms with Crippen LogP contribution in [0.1, 0.15) is 87.1 Å². The summed E-state index contributed by atoms with van der Waals surface area (Å²) in [6.07, 6.45) is 6.23. The molecule has 3 saturated heterocycles. The maximum absolute atomic E-state index is 13.6. The predicted octanol–water partition coefficient (Wildman–Crippen LogP) is 2.00. The van der Waals surface area contributed by atoms with Gasteiger partial charge < -0.3 is 25.6 Å². The Morgan fingerprint density at radius 3 is 2.62 bits per heavy atom. The Morgan fingerprint density at radius 2 is 1.87 bits per heavy atom. The summed E-state index contributed by atoms with van der Waals surface area (Å²) in [5, 5.41) is 8.74. The van der Waals surface area contributed by atoms with Gasteiger partial charge >= 0.3 is 5.97 Å². The number of esters is 1. The summed E-state index contributed by atoms with van der Waals surface area (Å²) >= 11 is 0. The zero-order valence-corrected chi connectivity index (χ0v) is 22.9. The lowest BCUT2D eigenvalue weighted by Gasteiger charge is -2.35. The van der Waals surface area contributed by atoms with E-state index in [0.29, 0.717) is 44.1 Å². The van der Waals surface area contributed by atoms with Gasteiger partial charge in [-0.05, 0) is 64.1 Å². The van der Waals surface area contributed by atoms with Gasteiger partial charge in [-0.3, -0.25) is 24.0 Å². The fourth-order valence-electron chi connectivity index (χ4n) is 5.73. The number of carbonyl (C=O) groups excluding carboxylic acids is 5. The first-order valence-electron chi connectivity index (χ1n) is 14.2. The molecule has 39 heavy (non-hydrogen) atoms. The lowest BCUT2D eigenvalue weighted by molar-refractivity contribution is -0.144. The van der Waals surface area contributed by atoms with Crippen LogP contribution in [0.25, 0.3) is 0 Å². The van der Waals surface area contributed by atoms with Crippen LogP contribution < -0.4 is 16.0 Å². The quantitative estimate of drug-likeness (QED) is 0.305.